The van der Waals surface area contributed by atoms with E-state index in [0.717, 1.165) is 19.4 Å². The Labute approximate surface area is 96.5 Å². The molecule has 2 N–H and O–H groups in total. The van der Waals surface area contributed by atoms with Crippen molar-refractivity contribution in [3.63, 3.8) is 0 Å². The average molecular weight is 227 g/mol. The van der Waals surface area contributed by atoms with E-state index in [4.69, 9.17) is 15.2 Å². The van der Waals surface area contributed by atoms with Crippen LogP contribution in [0.3, 0.4) is 0 Å². The van der Waals surface area contributed by atoms with Crippen molar-refractivity contribution < 1.29 is 14.3 Å². The van der Waals surface area contributed by atoms with Crippen LogP contribution in [0.4, 0.5) is 0 Å². The fraction of sp³-hybridized carbons (Fsp3) is 0.917. The first-order valence-electron chi connectivity index (χ1n) is 6.20. The van der Waals surface area contributed by atoms with Crippen LogP contribution in [-0.2, 0) is 14.3 Å². The van der Waals surface area contributed by atoms with Crippen LogP contribution in [-0.4, -0.2) is 31.3 Å². The molecule has 2 rings (SSSR count). The van der Waals surface area contributed by atoms with Gasteiger partial charge in [0.15, 0.2) is 0 Å². The van der Waals surface area contributed by atoms with Crippen molar-refractivity contribution >= 4 is 5.97 Å². The quantitative estimate of drug-likeness (QED) is 0.661. The second-order valence-corrected chi connectivity index (χ2v) is 4.99. The first-order valence-corrected chi connectivity index (χ1v) is 6.20. The molecule has 0 saturated heterocycles. The second kappa shape index (κ2) is 4.72. The number of carbonyl (C=O) groups excluding carboxylic acids is 1. The molecule has 16 heavy (non-hydrogen) atoms. The van der Waals surface area contributed by atoms with Crippen molar-refractivity contribution in [2.24, 2.45) is 17.6 Å². The van der Waals surface area contributed by atoms with Gasteiger partial charge in [0.05, 0.1) is 13.2 Å². The highest BCUT2D eigenvalue weighted by molar-refractivity contribution is 5.81. The Morgan fingerprint density at radius 1 is 1.38 bits per heavy atom. The number of carbonyl (C=O) groups is 1. The van der Waals surface area contributed by atoms with Crippen LogP contribution in [0.25, 0.3) is 0 Å². The monoisotopic (exact) mass is 227 g/mol. The topological polar surface area (TPSA) is 61.5 Å². The fourth-order valence-electron chi connectivity index (χ4n) is 1.89. The van der Waals surface area contributed by atoms with Gasteiger partial charge in [-0.3, -0.25) is 0 Å². The predicted molar refractivity (Wildman–Crippen MR) is 59.8 cm³/mol. The maximum atomic E-state index is 11.8. The van der Waals surface area contributed by atoms with E-state index in [-0.39, 0.29) is 11.9 Å². The molecule has 0 heterocycles. The molecule has 92 valence electrons. The molecule has 2 saturated carbocycles. The molecule has 0 radical (unpaired) electrons. The summed E-state index contributed by atoms with van der Waals surface area (Å²) >= 11 is 0. The third-order valence-corrected chi connectivity index (χ3v) is 3.35. The maximum absolute atomic E-state index is 11.8. The number of hydrogen-bond acceptors (Lipinski definition) is 4. The van der Waals surface area contributed by atoms with Crippen LogP contribution < -0.4 is 5.73 Å². The highest BCUT2D eigenvalue weighted by atomic mass is 16.5. The van der Waals surface area contributed by atoms with E-state index in [2.05, 4.69) is 0 Å². The van der Waals surface area contributed by atoms with Crippen molar-refractivity contribution in [2.45, 2.75) is 38.1 Å². The van der Waals surface area contributed by atoms with Crippen LogP contribution >= 0.6 is 0 Å². The first kappa shape index (κ1) is 11.9. The van der Waals surface area contributed by atoms with E-state index in [1.807, 2.05) is 0 Å². The summed E-state index contributed by atoms with van der Waals surface area (Å²) in [7, 11) is 0. The molecule has 2 aliphatic carbocycles. The zero-order chi connectivity index (χ0) is 11.6. The summed E-state index contributed by atoms with van der Waals surface area (Å²) in [6, 6.07) is 0. The molecule has 4 nitrogen and oxygen atoms in total. The van der Waals surface area contributed by atoms with Gasteiger partial charge in [-0.05, 0) is 44.4 Å². The van der Waals surface area contributed by atoms with Gasteiger partial charge in [0, 0.05) is 6.61 Å². The van der Waals surface area contributed by atoms with Gasteiger partial charge in [-0.25, -0.2) is 4.79 Å². The highest BCUT2D eigenvalue weighted by Crippen LogP contribution is 2.39. The molecule has 0 spiro atoms. The van der Waals surface area contributed by atoms with Crippen LogP contribution in [0.2, 0.25) is 0 Å². The Morgan fingerprint density at radius 2 is 2.06 bits per heavy atom. The van der Waals surface area contributed by atoms with Gasteiger partial charge in [-0.2, -0.15) is 0 Å². The zero-order valence-corrected chi connectivity index (χ0v) is 9.91. The van der Waals surface area contributed by atoms with Crippen molar-refractivity contribution in [2.75, 3.05) is 19.8 Å². The molecule has 2 aliphatic rings. The summed E-state index contributed by atoms with van der Waals surface area (Å²) < 4.78 is 10.6. The minimum Gasteiger partial charge on any atom is -0.465 e. The van der Waals surface area contributed by atoms with Crippen LogP contribution in [0.1, 0.15) is 32.6 Å². The third-order valence-electron chi connectivity index (χ3n) is 3.35. The standard InChI is InChI=1S/C12H21NO3/c1-2-16-11(14)12(13,10-5-6-10)8-15-7-9-3-4-9/h9-10H,2-8,13H2,1H3. The smallest absolute Gasteiger partial charge is 0.328 e. The van der Waals surface area contributed by atoms with E-state index in [1.165, 1.54) is 12.8 Å². The van der Waals surface area contributed by atoms with Crippen LogP contribution in [0, 0.1) is 11.8 Å². The molecular formula is C12H21NO3. The van der Waals surface area contributed by atoms with E-state index in [0.29, 0.717) is 19.1 Å². The molecular weight excluding hydrogens is 206 g/mol. The summed E-state index contributed by atoms with van der Waals surface area (Å²) in [4.78, 5) is 11.8. The minimum atomic E-state index is -0.898. The average Bonchev–Trinajstić information content (AvgIpc) is 3.11. The summed E-state index contributed by atoms with van der Waals surface area (Å²) in [5.74, 6) is 0.657. The largest absolute Gasteiger partial charge is 0.465 e. The normalized spacial score (nSPS) is 23.9. The molecule has 2 fully saturated rings. The molecule has 0 bridgehead atoms. The van der Waals surface area contributed by atoms with Gasteiger partial charge in [0.2, 0.25) is 0 Å². The van der Waals surface area contributed by atoms with Gasteiger partial charge in [-0.1, -0.05) is 0 Å². The Bertz CT molecular complexity index is 261. The zero-order valence-electron chi connectivity index (χ0n) is 9.91. The van der Waals surface area contributed by atoms with E-state index < -0.39 is 5.54 Å². The van der Waals surface area contributed by atoms with Gasteiger partial charge >= 0.3 is 5.97 Å². The summed E-state index contributed by atoms with van der Waals surface area (Å²) in [5.41, 5.74) is 5.24. The summed E-state index contributed by atoms with van der Waals surface area (Å²) in [6.45, 7) is 3.24. The lowest BCUT2D eigenvalue weighted by molar-refractivity contribution is -0.153. The highest BCUT2D eigenvalue weighted by Gasteiger charge is 2.49. The van der Waals surface area contributed by atoms with E-state index in [9.17, 15) is 4.79 Å². The molecule has 4 heteroatoms. The van der Waals surface area contributed by atoms with Crippen molar-refractivity contribution in [1.82, 2.24) is 0 Å². The van der Waals surface area contributed by atoms with Crippen molar-refractivity contribution in [3.05, 3.63) is 0 Å². The second-order valence-electron chi connectivity index (χ2n) is 4.99. The molecule has 0 amide bonds. The first-order chi connectivity index (χ1) is 7.66. The van der Waals surface area contributed by atoms with Crippen molar-refractivity contribution in [1.29, 1.82) is 0 Å². The summed E-state index contributed by atoms with van der Waals surface area (Å²) in [5, 5.41) is 0. The number of rotatable bonds is 7. The van der Waals surface area contributed by atoms with Crippen LogP contribution in [0.15, 0.2) is 0 Å². The molecule has 0 aliphatic heterocycles. The lowest BCUT2D eigenvalue weighted by Gasteiger charge is -2.26. The molecule has 1 unspecified atom stereocenters. The maximum Gasteiger partial charge on any atom is 0.328 e. The number of hydrogen-bond donors (Lipinski definition) is 1. The fourth-order valence-corrected chi connectivity index (χ4v) is 1.89. The van der Waals surface area contributed by atoms with Gasteiger partial charge in [0.1, 0.15) is 5.54 Å². The van der Waals surface area contributed by atoms with Gasteiger partial charge in [-0.15, -0.1) is 0 Å². The van der Waals surface area contributed by atoms with E-state index in [1.54, 1.807) is 6.92 Å². The number of nitrogens with two attached hydrogens (primary N) is 1. The van der Waals surface area contributed by atoms with Crippen LogP contribution in [0.5, 0.6) is 0 Å². The Morgan fingerprint density at radius 3 is 2.56 bits per heavy atom. The Hall–Kier alpha value is -0.610. The molecule has 0 aromatic rings. The lowest BCUT2D eigenvalue weighted by atomic mass is 9.96. The lowest BCUT2D eigenvalue weighted by Crippen LogP contribution is -2.55. The Kier molecular flexibility index (Phi) is 3.50. The minimum absolute atomic E-state index is 0.255. The van der Waals surface area contributed by atoms with Gasteiger partial charge < -0.3 is 15.2 Å². The molecule has 1 atom stereocenters. The third kappa shape index (κ3) is 2.74. The van der Waals surface area contributed by atoms with E-state index >= 15 is 0 Å². The van der Waals surface area contributed by atoms with Gasteiger partial charge in [0.25, 0.3) is 0 Å². The SMILES string of the molecule is CCOC(=O)C(N)(COCC1CC1)C1CC1. The number of esters is 1. The van der Waals surface area contributed by atoms with Crippen molar-refractivity contribution in [3.8, 4) is 0 Å². The predicted octanol–water partition coefficient (Wildman–Crippen LogP) is 1.08. The Balaban J connectivity index is 1.83. The number of ether oxygens (including phenoxy) is 2. The molecule has 0 aromatic carbocycles. The molecule has 0 aromatic heterocycles. The summed E-state index contributed by atoms with van der Waals surface area (Å²) in [6.07, 6.45) is 4.53.